The third-order valence-corrected chi connectivity index (χ3v) is 3.41. The minimum atomic E-state index is -3.43. The van der Waals surface area contributed by atoms with Crippen molar-refractivity contribution in [2.24, 2.45) is 0 Å². The summed E-state index contributed by atoms with van der Waals surface area (Å²) in [7, 11) is -3.43. The van der Waals surface area contributed by atoms with E-state index < -0.39 is 10.2 Å². The Morgan fingerprint density at radius 1 is 1.44 bits per heavy atom. The normalized spacial score (nSPS) is 13.6. The molecule has 0 saturated heterocycles. The van der Waals surface area contributed by atoms with Gasteiger partial charge < -0.3 is 5.73 Å². The van der Waals surface area contributed by atoms with Crippen LogP contribution in [0.2, 0.25) is 0 Å². The molecular weight excluding hydrogens is 226 g/mol. The van der Waals surface area contributed by atoms with Crippen molar-refractivity contribution in [2.75, 3.05) is 12.3 Å². The molecular formula is C10H17N3O2S. The van der Waals surface area contributed by atoms with E-state index in [1.165, 1.54) is 0 Å². The van der Waals surface area contributed by atoms with E-state index >= 15 is 0 Å². The van der Waals surface area contributed by atoms with Crippen molar-refractivity contribution in [3.63, 3.8) is 0 Å². The molecule has 0 fully saturated rings. The summed E-state index contributed by atoms with van der Waals surface area (Å²) in [5, 5.41) is 0. The van der Waals surface area contributed by atoms with Crippen molar-refractivity contribution < 1.29 is 8.42 Å². The van der Waals surface area contributed by atoms with Crippen molar-refractivity contribution >= 4 is 15.9 Å². The molecule has 0 bridgehead atoms. The van der Waals surface area contributed by atoms with Gasteiger partial charge in [0, 0.05) is 18.3 Å². The van der Waals surface area contributed by atoms with Gasteiger partial charge in [-0.3, -0.25) is 0 Å². The number of nitrogens with one attached hydrogen (secondary N) is 2. The van der Waals surface area contributed by atoms with E-state index in [2.05, 4.69) is 9.44 Å². The Hall–Kier alpha value is -1.11. The Bertz CT molecular complexity index is 445. The highest BCUT2D eigenvalue weighted by Crippen LogP contribution is 2.15. The molecule has 0 saturated carbocycles. The Morgan fingerprint density at radius 2 is 2.12 bits per heavy atom. The average Bonchev–Trinajstić information content (AvgIpc) is 2.16. The zero-order valence-corrected chi connectivity index (χ0v) is 10.2. The van der Waals surface area contributed by atoms with Crippen LogP contribution in [0.15, 0.2) is 24.3 Å². The molecule has 0 aliphatic carbocycles. The number of anilines is 1. The second-order valence-corrected chi connectivity index (χ2v) is 5.04. The summed E-state index contributed by atoms with van der Waals surface area (Å²) in [6.45, 7) is 3.85. The van der Waals surface area contributed by atoms with Crippen LogP contribution in [0, 0.1) is 0 Å². The lowest BCUT2D eigenvalue weighted by Crippen LogP contribution is -2.37. The van der Waals surface area contributed by atoms with E-state index in [4.69, 9.17) is 5.73 Å². The molecule has 90 valence electrons. The van der Waals surface area contributed by atoms with Gasteiger partial charge in [-0.15, -0.1) is 0 Å². The molecule has 16 heavy (non-hydrogen) atoms. The number of benzene rings is 1. The third kappa shape index (κ3) is 3.80. The summed E-state index contributed by atoms with van der Waals surface area (Å²) < 4.78 is 27.8. The third-order valence-electron chi connectivity index (χ3n) is 2.08. The van der Waals surface area contributed by atoms with Crippen LogP contribution in [0.5, 0.6) is 0 Å². The summed E-state index contributed by atoms with van der Waals surface area (Å²) in [6.07, 6.45) is 0. The maximum atomic E-state index is 11.4. The van der Waals surface area contributed by atoms with E-state index in [1.54, 1.807) is 32.0 Å². The van der Waals surface area contributed by atoms with Crippen molar-refractivity contribution in [2.45, 2.75) is 19.9 Å². The molecule has 0 amide bonds. The SMILES string of the molecule is CCNS(=O)(=O)NC(C)c1cccc(N)c1. The number of rotatable bonds is 5. The van der Waals surface area contributed by atoms with E-state index in [1.807, 2.05) is 6.07 Å². The molecule has 0 aliphatic rings. The molecule has 0 aliphatic heterocycles. The summed E-state index contributed by atoms with van der Waals surface area (Å²) in [5.74, 6) is 0. The Kier molecular flexibility index (Phi) is 4.28. The molecule has 0 spiro atoms. The molecule has 1 rings (SSSR count). The molecule has 1 atom stereocenters. The lowest BCUT2D eigenvalue weighted by atomic mass is 10.1. The van der Waals surface area contributed by atoms with Crippen LogP contribution in [0.1, 0.15) is 25.5 Å². The molecule has 1 aromatic carbocycles. The van der Waals surface area contributed by atoms with E-state index in [-0.39, 0.29) is 6.04 Å². The van der Waals surface area contributed by atoms with Crippen LogP contribution < -0.4 is 15.2 Å². The molecule has 6 heteroatoms. The Balaban J connectivity index is 2.76. The zero-order chi connectivity index (χ0) is 12.2. The Morgan fingerprint density at radius 3 is 2.69 bits per heavy atom. The van der Waals surface area contributed by atoms with Crippen LogP contribution in [0.3, 0.4) is 0 Å². The quantitative estimate of drug-likeness (QED) is 0.668. The molecule has 1 aromatic rings. The van der Waals surface area contributed by atoms with E-state index in [0.29, 0.717) is 12.2 Å². The van der Waals surface area contributed by atoms with Crippen LogP contribution in [-0.4, -0.2) is 15.0 Å². The van der Waals surface area contributed by atoms with Gasteiger partial charge in [0.25, 0.3) is 10.2 Å². The lowest BCUT2D eigenvalue weighted by Gasteiger charge is -2.14. The fourth-order valence-corrected chi connectivity index (χ4v) is 2.43. The molecule has 0 aromatic heterocycles. The first-order valence-corrected chi connectivity index (χ1v) is 6.55. The van der Waals surface area contributed by atoms with Gasteiger partial charge in [0.2, 0.25) is 0 Å². The van der Waals surface area contributed by atoms with E-state index in [0.717, 1.165) is 5.56 Å². The highest BCUT2D eigenvalue weighted by molar-refractivity contribution is 7.87. The van der Waals surface area contributed by atoms with Crippen LogP contribution in [0.4, 0.5) is 5.69 Å². The minimum absolute atomic E-state index is 0.312. The second kappa shape index (κ2) is 5.29. The van der Waals surface area contributed by atoms with Gasteiger partial charge in [0.1, 0.15) is 0 Å². The highest BCUT2D eigenvalue weighted by atomic mass is 32.2. The molecule has 5 nitrogen and oxygen atoms in total. The number of hydrogen-bond donors (Lipinski definition) is 3. The summed E-state index contributed by atoms with van der Waals surface area (Å²) in [6, 6.07) is 6.82. The predicted molar refractivity (Wildman–Crippen MR) is 65.0 cm³/mol. The summed E-state index contributed by atoms with van der Waals surface area (Å²) >= 11 is 0. The Labute approximate surface area is 96.2 Å². The first-order chi connectivity index (χ1) is 7.44. The van der Waals surface area contributed by atoms with Gasteiger partial charge >= 0.3 is 0 Å². The van der Waals surface area contributed by atoms with Crippen molar-refractivity contribution in [1.29, 1.82) is 0 Å². The number of nitrogens with two attached hydrogens (primary N) is 1. The fourth-order valence-electron chi connectivity index (χ4n) is 1.36. The van der Waals surface area contributed by atoms with E-state index in [9.17, 15) is 8.42 Å². The van der Waals surface area contributed by atoms with Crippen molar-refractivity contribution in [1.82, 2.24) is 9.44 Å². The topological polar surface area (TPSA) is 84.2 Å². The second-order valence-electron chi connectivity index (χ2n) is 3.51. The maximum Gasteiger partial charge on any atom is 0.277 e. The lowest BCUT2D eigenvalue weighted by molar-refractivity contribution is 0.554. The van der Waals surface area contributed by atoms with Crippen molar-refractivity contribution in [3.05, 3.63) is 29.8 Å². The highest BCUT2D eigenvalue weighted by Gasteiger charge is 2.14. The summed E-state index contributed by atoms with van der Waals surface area (Å²) in [4.78, 5) is 0. The van der Waals surface area contributed by atoms with Crippen LogP contribution >= 0.6 is 0 Å². The molecule has 0 radical (unpaired) electrons. The van der Waals surface area contributed by atoms with Gasteiger partial charge in [-0.25, -0.2) is 4.72 Å². The van der Waals surface area contributed by atoms with Gasteiger partial charge in [0.05, 0.1) is 0 Å². The van der Waals surface area contributed by atoms with Crippen molar-refractivity contribution in [3.8, 4) is 0 Å². The first kappa shape index (κ1) is 13.0. The predicted octanol–water partition coefficient (Wildman–Crippen LogP) is 0.774. The summed E-state index contributed by atoms with van der Waals surface area (Å²) in [5.41, 5.74) is 7.08. The molecule has 0 heterocycles. The van der Waals surface area contributed by atoms with Gasteiger partial charge in [-0.05, 0) is 24.6 Å². The van der Waals surface area contributed by atoms with Gasteiger partial charge in [-0.2, -0.15) is 13.1 Å². The first-order valence-electron chi connectivity index (χ1n) is 5.07. The minimum Gasteiger partial charge on any atom is -0.399 e. The fraction of sp³-hybridized carbons (Fsp3) is 0.400. The number of nitrogen functional groups attached to an aromatic ring is 1. The smallest absolute Gasteiger partial charge is 0.277 e. The van der Waals surface area contributed by atoms with Gasteiger partial charge in [-0.1, -0.05) is 19.1 Å². The van der Waals surface area contributed by atoms with Gasteiger partial charge in [0.15, 0.2) is 0 Å². The standard InChI is InChI=1S/C10H17N3O2S/c1-3-12-16(14,15)13-8(2)9-5-4-6-10(11)7-9/h4-8,12-13H,3,11H2,1-2H3. The van der Waals surface area contributed by atoms with Crippen LogP contribution in [0.25, 0.3) is 0 Å². The molecule has 1 unspecified atom stereocenters. The maximum absolute atomic E-state index is 11.4. The largest absolute Gasteiger partial charge is 0.399 e. The molecule has 4 N–H and O–H groups in total. The zero-order valence-electron chi connectivity index (χ0n) is 9.40. The monoisotopic (exact) mass is 243 g/mol. The van der Waals surface area contributed by atoms with Crippen LogP contribution in [-0.2, 0) is 10.2 Å². The number of hydrogen-bond acceptors (Lipinski definition) is 3. The average molecular weight is 243 g/mol.